The Kier molecular flexibility index (Phi) is 3.88. The molecule has 1 N–H and O–H groups in total. The molecule has 0 atom stereocenters. The Morgan fingerprint density at radius 2 is 2.13 bits per heavy atom. The van der Waals surface area contributed by atoms with Gasteiger partial charge in [-0.3, -0.25) is 0 Å². The van der Waals surface area contributed by atoms with E-state index in [2.05, 4.69) is 15.3 Å². The van der Waals surface area contributed by atoms with Gasteiger partial charge in [-0.1, -0.05) is 0 Å². The largest absolute Gasteiger partial charge is 0.389 e. The molecular formula is C9H12F3N3. The van der Waals surface area contributed by atoms with Crippen molar-refractivity contribution in [2.24, 2.45) is 0 Å². The van der Waals surface area contributed by atoms with Gasteiger partial charge in [0, 0.05) is 24.9 Å². The topological polar surface area (TPSA) is 37.8 Å². The number of aromatic nitrogens is 2. The van der Waals surface area contributed by atoms with Crippen LogP contribution in [-0.4, -0.2) is 22.7 Å². The lowest BCUT2D eigenvalue weighted by Gasteiger charge is -2.07. The molecule has 0 saturated heterocycles. The number of hydrogen-bond acceptors (Lipinski definition) is 3. The zero-order valence-electron chi connectivity index (χ0n) is 8.30. The average molecular weight is 219 g/mol. The van der Waals surface area contributed by atoms with Crippen LogP contribution in [0.15, 0.2) is 12.3 Å². The van der Waals surface area contributed by atoms with Gasteiger partial charge in [-0.05, 0) is 19.4 Å². The summed E-state index contributed by atoms with van der Waals surface area (Å²) in [5.41, 5.74) is 0.781. The highest BCUT2D eigenvalue weighted by Gasteiger charge is 2.25. The Morgan fingerprint density at radius 1 is 1.40 bits per heavy atom. The predicted octanol–water partition coefficient (Wildman–Crippen LogP) is 2.54. The van der Waals surface area contributed by atoms with E-state index >= 15 is 0 Å². The number of anilines is 1. The van der Waals surface area contributed by atoms with Gasteiger partial charge in [-0.15, -0.1) is 0 Å². The molecule has 0 aliphatic rings. The van der Waals surface area contributed by atoms with Crippen LogP contribution in [0.3, 0.4) is 0 Å². The van der Waals surface area contributed by atoms with Crippen molar-refractivity contribution >= 4 is 5.95 Å². The third-order valence-electron chi connectivity index (χ3n) is 1.71. The molecule has 3 nitrogen and oxygen atoms in total. The number of nitrogens with zero attached hydrogens (tertiary/aromatic N) is 2. The van der Waals surface area contributed by atoms with Crippen LogP contribution in [-0.2, 0) is 0 Å². The molecule has 1 aromatic rings. The molecule has 6 heteroatoms. The first-order valence-corrected chi connectivity index (χ1v) is 4.58. The number of hydrogen-bond donors (Lipinski definition) is 1. The van der Waals surface area contributed by atoms with Crippen LogP contribution in [0.5, 0.6) is 0 Å². The summed E-state index contributed by atoms with van der Waals surface area (Å²) in [6.07, 6.45) is -3.28. The van der Waals surface area contributed by atoms with Gasteiger partial charge in [0.05, 0.1) is 0 Å². The highest BCUT2D eigenvalue weighted by molar-refractivity contribution is 5.24. The number of halogens is 3. The second-order valence-corrected chi connectivity index (χ2v) is 3.17. The third kappa shape index (κ3) is 5.19. The van der Waals surface area contributed by atoms with Crippen molar-refractivity contribution in [3.63, 3.8) is 0 Å². The number of rotatable bonds is 4. The minimum Gasteiger partial charge on any atom is -0.354 e. The molecule has 0 aliphatic heterocycles. The fourth-order valence-corrected chi connectivity index (χ4v) is 1.02. The SMILES string of the molecule is Cc1ccnc(NCCCC(F)(F)F)n1. The van der Waals surface area contributed by atoms with Crippen molar-refractivity contribution in [1.82, 2.24) is 9.97 Å². The minimum atomic E-state index is -4.09. The summed E-state index contributed by atoms with van der Waals surface area (Å²) in [6.45, 7) is 2.02. The van der Waals surface area contributed by atoms with E-state index in [4.69, 9.17) is 0 Å². The van der Waals surface area contributed by atoms with Crippen LogP contribution in [0.4, 0.5) is 19.1 Å². The van der Waals surface area contributed by atoms with E-state index in [1.54, 1.807) is 19.2 Å². The molecule has 1 aromatic heterocycles. The van der Waals surface area contributed by atoms with E-state index in [9.17, 15) is 13.2 Å². The molecule has 0 aliphatic carbocycles. The molecule has 0 saturated carbocycles. The molecule has 0 aromatic carbocycles. The maximum atomic E-state index is 11.8. The Morgan fingerprint density at radius 3 is 2.73 bits per heavy atom. The van der Waals surface area contributed by atoms with Crippen LogP contribution >= 0.6 is 0 Å². The minimum absolute atomic E-state index is 0.0286. The summed E-state index contributed by atoms with van der Waals surface area (Å²) >= 11 is 0. The number of aryl methyl sites for hydroxylation is 1. The van der Waals surface area contributed by atoms with Gasteiger partial charge in [0.25, 0.3) is 0 Å². The lowest BCUT2D eigenvalue weighted by atomic mass is 10.3. The van der Waals surface area contributed by atoms with E-state index in [1.807, 2.05) is 0 Å². The summed E-state index contributed by atoms with van der Waals surface area (Å²) in [4.78, 5) is 7.87. The van der Waals surface area contributed by atoms with Crippen LogP contribution in [0.2, 0.25) is 0 Å². The van der Waals surface area contributed by atoms with Crippen LogP contribution < -0.4 is 5.32 Å². The standard InChI is InChI=1S/C9H12F3N3/c1-7-3-6-14-8(15-7)13-5-2-4-9(10,11)12/h3,6H,2,4-5H2,1H3,(H,13,14,15). The average Bonchev–Trinajstić information content (AvgIpc) is 2.11. The van der Waals surface area contributed by atoms with E-state index < -0.39 is 12.6 Å². The van der Waals surface area contributed by atoms with Crippen LogP contribution in [0.1, 0.15) is 18.5 Å². The second-order valence-electron chi connectivity index (χ2n) is 3.17. The Bertz CT molecular complexity index is 312. The molecule has 0 bridgehead atoms. The van der Waals surface area contributed by atoms with E-state index in [0.717, 1.165) is 5.69 Å². The Hall–Kier alpha value is -1.33. The maximum absolute atomic E-state index is 11.8. The van der Waals surface area contributed by atoms with Gasteiger partial charge in [0.2, 0.25) is 5.95 Å². The zero-order chi connectivity index (χ0) is 11.3. The lowest BCUT2D eigenvalue weighted by molar-refractivity contribution is -0.134. The van der Waals surface area contributed by atoms with Crippen molar-refractivity contribution in [3.8, 4) is 0 Å². The van der Waals surface area contributed by atoms with Crippen LogP contribution in [0, 0.1) is 6.92 Å². The van der Waals surface area contributed by atoms with Crippen molar-refractivity contribution in [1.29, 1.82) is 0 Å². The van der Waals surface area contributed by atoms with Gasteiger partial charge in [0.1, 0.15) is 0 Å². The smallest absolute Gasteiger partial charge is 0.354 e. The van der Waals surface area contributed by atoms with Gasteiger partial charge in [0.15, 0.2) is 0 Å². The summed E-state index contributed by atoms with van der Waals surface area (Å²) in [7, 11) is 0. The highest BCUT2D eigenvalue weighted by atomic mass is 19.4. The normalized spacial score (nSPS) is 11.5. The first-order chi connectivity index (χ1) is 6.97. The van der Waals surface area contributed by atoms with Crippen LogP contribution in [0.25, 0.3) is 0 Å². The van der Waals surface area contributed by atoms with Crippen molar-refractivity contribution in [2.75, 3.05) is 11.9 Å². The zero-order valence-corrected chi connectivity index (χ0v) is 8.30. The van der Waals surface area contributed by atoms with E-state index in [-0.39, 0.29) is 13.0 Å². The van der Waals surface area contributed by atoms with Gasteiger partial charge in [-0.2, -0.15) is 13.2 Å². The van der Waals surface area contributed by atoms with Crippen molar-refractivity contribution in [2.45, 2.75) is 25.9 Å². The molecule has 0 unspecified atom stereocenters. The highest BCUT2D eigenvalue weighted by Crippen LogP contribution is 2.20. The fourth-order valence-electron chi connectivity index (χ4n) is 1.02. The lowest BCUT2D eigenvalue weighted by Crippen LogP contribution is -2.12. The molecule has 1 rings (SSSR count). The third-order valence-corrected chi connectivity index (χ3v) is 1.71. The van der Waals surface area contributed by atoms with Crippen molar-refractivity contribution < 1.29 is 13.2 Å². The monoisotopic (exact) mass is 219 g/mol. The molecule has 0 fully saturated rings. The quantitative estimate of drug-likeness (QED) is 0.791. The molecular weight excluding hydrogens is 207 g/mol. The summed E-state index contributed by atoms with van der Waals surface area (Å²) in [6, 6.07) is 1.72. The number of nitrogens with one attached hydrogen (secondary N) is 1. The van der Waals surface area contributed by atoms with Crippen molar-refractivity contribution in [3.05, 3.63) is 18.0 Å². The number of alkyl halides is 3. The summed E-state index contributed by atoms with van der Waals surface area (Å²) in [5, 5.41) is 2.74. The summed E-state index contributed by atoms with van der Waals surface area (Å²) < 4.78 is 35.4. The molecule has 84 valence electrons. The Labute approximate surface area is 85.7 Å². The molecule has 1 heterocycles. The van der Waals surface area contributed by atoms with Gasteiger partial charge in [-0.25, -0.2) is 9.97 Å². The molecule has 0 amide bonds. The molecule has 0 radical (unpaired) electrons. The van der Waals surface area contributed by atoms with Gasteiger partial charge < -0.3 is 5.32 Å². The second kappa shape index (κ2) is 4.95. The maximum Gasteiger partial charge on any atom is 0.389 e. The molecule has 15 heavy (non-hydrogen) atoms. The predicted molar refractivity (Wildman–Crippen MR) is 50.5 cm³/mol. The van der Waals surface area contributed by atoms with E-state index in [1.165, 1.54) is 0 Å². The molecule has 0 spiro atoms. The van der Waals surface area contributed by atoms with Gasteiger partial charge >= 0.3 is 6.18 Å². The summed E-state index contributed by atoms with van der Waals surface area (Å²) in [5.74, 6) is 0.372. The van der Waals surface area contributed by atoms with E-state index in [0.29, 0.717) is 5.95 Å². The first-order valence-electron chi connectivity index (χ1n) is 4.58. The fraction of sp³-hybridized carbons (Fsp3) is 0.556. The Balaban J connectivity index is 2.26. The first kappa shape index (κ1) is 11.7.